The second-order valence-electron chi connectivity index (χ2n) is 4.49. The number of Topliss-reactive ketones (excluding diaryl/α,β-unsaturated/α-hetero) is 1. The average Bonchev–Trinajstić information content (AvgIpc) is 2.39. The molecule has 0 saturated carbocycles. The molecule has 1 aliphatic rings. The van der Waals surface area contributed by atoms with Gasteiger partial charge >= 0.3 is 0 Å². The van der Waals surface area contributed by atoms with Crippen molar-refractivity contribution in [2.45, 2.75) is 12.5 Å². The fraction of sp³-hybridized carbons (Fsp3) is 0.133. The number of carbonyl (C=O) groups is 1. The zero-order chi connectivity index (χ0) is 13.4. The average molecular weight is 256 g/mol. The van der Waals surface area contributed by atoms with E-state index in [1.807, 2.05) is 0 Å². The molecule has 1 unspecified atom stereocenters. The molecule has 0 fully saturated rings. The van der Waals surface area contributed by atoms with Crippen LogP contribution in [0.25, 0.3) is 0 Å². The first kappa shape index (κ1) is 11.6. The third-order valence-corrected chi connectivity index (χ3v) is 3.17. The third kappa shape index (κ3) is 2.01. The van der Waals surface area contributed by atoms with Gasteiger partial charge < -0.3 is 14.9 Å². The van der Waals surface area contributed by atoms with Crippen molar-refractivity contribution in [3.8, 4) is 17.2 Å². The van der Waals surface area contributed by atoms with Crippen LogP contribution in [0.5, 0.6) is 17.2 Å². The molecule has 2 aromatic rings. The molecule has 0 aromatic heterocycles. The molecule has 1 heterocycles. The summed E-state index contributed by atoms with van der Waals surface area (Å²) in [6.45, 7) is 0. The Bertz CT molecular complexity index is 648. The summed E-state index contributed by atoms with van der Waals surface area (Å²) in [5, 5.41) is 19.2. The molecule has 0 bridgehead atoms. The quantitative estimate of drug-likeness (QED) is 0.821. The number of ketones is 1. The first-order valence-electron chi connectivity index (χ1n) is 5.94. The van der Waals surface area contributed by atoms with Crippen molar-refractivity contribution >= 4 is 5.78 Å². The van der Waals surface area contributed by atoms with Gasteiger partial charge in [0.2, 0.25) is 0 Å². The van der Waals surface area contributed by atoms with Gasteiger partial charge in [-0.3, -0.25) is 4.79 Å². The minimum absolute atomic E-state index is 0.0445. The van der Waals surface area contributed by atoms with Gasteiger partial charge in [0, 0.05) is 17.5 Å². The number of phenols is 2. The monoisotopic (exact) mass is 256 g/mol. The van der Waals surface area contributed by atoms with Gasteiger partial charge in [0.25, 0.3) is 0 Å². The van der Waals surface area contributed by atoms with Crippen LogP contribution in [-0.2, 0) is 11.2 Å². The van der Waals surface area contributed by atoms with Gasteiger partial charge in [-0.05, 0) is 24.3 Å². The molecule has 96 valence electrons. The minimum atomic E-state index is -0.793. The molecule has 0 radical (unpaired) electrons. The molecular weight excluding hydrogens is 244 g/mol. The van der Waals surface area contributed by atoms with Crippen LogP contribution >= 0.6 is 0 Å². The lowest BCUT2D eigenvalue weighted by Gasteiger charge is -2.25. The van der Waals surface area contributed by atoms with Gasteiger partial charge in [0.15, 0.2) is 11.9 Å². The van der Waals surface area contributed by atoms with Gasteiger partial charge in [-0.15, -0.1) is 0 Å². The summed E-state index contributed by atoms with van der Waals surface area (Å²) in [5.41, 5.74) is 1.13. The molecule has 2 N–H and O–H groups in total. The Labute approximate surface area is 109 Å². The summed E-state index contributed by atoms with van der Waals surface area (Å²) in [7, 11) is 0. The highest BCUT2D eigenvalue weighted by Crippen LogP contribution is 2.37. The number of ether oxygens (including phenoxy) is 1. The Balaban J connectivity index is 2.01. The largest absolute Gasteiger partial charge is 0.508 e. The second kappa shape index (κ2) is 4.31. The normalized spacial score (nSPS) is 17.7. The molecule has 2 aromatic carbocycles. The maximum Gasteiger partial charge on any atom is 0.186 e. The molecule has 0 aliphatic carbocycles. The fourth-order valence-corrected chi connectivity index (χ4v) is 2.24. The van der Waals surface area contributed by atoms with Gasteiger partial charge in [0.1, 0.15) is 17.2 Å². The molecule has 1 aliphatic heterocycles. The molecule has 1 atom stereocenters. The number of phenolic OH excluding ortho intramolecular Hbond substituents is 2. The highest BCUT2D eigenvalue weighted by Gasteiger charge is 2.31. The summed E-state index contributed by atoms with van der Waals surface area (Å²) >= 11 is 0. The summed E-state index contributed by atoms with van der Waals surface area (Å²) in [4.78, 5) is 12.1. The molecule has 3 rings (SSSR count). The Morgan fingerprint density at radius 1 is 1.11 bits per heavy atom. The number of aromatic hydroxyl groups is 2. The highest BCUT2D eigenvalue weighted by atomic mass is 16.5. The van der Waals surface area contributed by atoms with Crippen molar-refractivity contribution in [1.29, 1.82) is 0 Å². The molecular formula is C15H12O4. The fourth-order valence-electron chi connectivity index (χ4n) is 2.24. The van der Waals surface area contributed by atoms with E-state index in [0.29, 0.717) is 16.9 Å². The van der Waals surface area contributed by atoms with Crippen molar-refractivity contribution in [2.75, 3.05) is 0 Å². The van der Waals surface area contributed by atoms with E-state index < -0.39 is 6.10 Å². The van der Waals surface area contributed by atoms with Crippen LogP contribution in [0.3, 0.4) is 0 Å². The van der Waals surface area contributed by atoms with Crippen molar-refractivity contribution in [1.82, 2.24) is 0 Å². The predicted octanol–water partition coefficient (Wildman–Crippen LogP) is 2.34. The summed E-state index contributed by atoms with van der Waals surface area (Å²) in [5.74, 6) is 0.574. The van der Waals surface area contributed by atoms with E-state index in [1.54, 1.807) is 24.3 Å². The predicted molar refractivity (Wildman–Crippen MR) is 68.3 cm³/mol. The van der Waals surface area contributed by atoms with E-state index in [4.69, 9.17) is 4.74 Å². The highest BCUT2D eigenvalue weighted by molar-refractivity contribution is 5.89. The third-order valence-electron chi connectivity index (χ3n) is 3.17. The first-order valence-corrected chi connectivity index (χ1v) is 5.94. The lowest BCUT2D eigenvalue weighted by Crippen LogP contribution is -2.25. The van der Waals surface area contributed by atoms with Crippen LogP contribution in [0, 0.1) is 0 Å². The van der Waals surface area contributed by atoms with E-state index in [1.165, 1.54) is 18.2 Å². The number of fused-ring (bicyclic) bond motifs is 1. The lowest BCUT2D eigenvalue weighted by atomic mass is 9.95. The van der Waals surface area contributed by atoms with Crippen molar-refractivity contribution in [3.63, 3.8) is 0 Å². The minimum Gasteiger partial charge on any atom is -0.508 e. The number of hydrogen-bond donors (Lipinski definition) is 2. The van der Waals surface area contributed by atoms with Crippen molar-refractivity contribution in [3.05, 3.63) is 53.6 Å². The van der Waals surface area contributed by atoms with Crippen LogP contribution in [0.15, 0.2) is 42.5 Å². The number of hydrogen-bond acceptors (Lipinski definition) is 4. The van der Waals surface area contributed by atoms with E-state index >= 15 is 0 Å². The van der Waals surface area contributed by atoms with Crippen LogP contribution < -0.4 is 4.74 Å². The Morgan fingerprint density at radius 3 is 2.68 bits per heavy atom. The molecule has 19 heavy (non-hydrogen) atoms. The number of rotatable bonds is 1. The summed E-state index contributed by atoms with van der Waals surface area (Å²) < 4.78 is 5.65. The van der Waals surface area contributed by atoms with Crippen LogP contribution in [-0.4, -0.2) is 16.0 Å². The summed E-state index contributed by atoms with van der Waals surface area (Å²) in [6, 6.07) is 11.3. The lowest BCUT2D eigenvalue weighted by molar-refractivity contribution is -0.126. The summed E-state index contributed by atoms with van der Waals surface area (Å²) in [6.07, 6.45) is -0.610. The van der Waals surface area contributed by atoms with Crippen LogP contribution in [0.1, 0.15) is 17.2 Å². The number of benzene rings is 2. The maximum absolute atomic E-state index is 12.1. The van der Waals surface area contributed by atoms with Gasteiger partial charge in [0.05, 0.1) is 0 Å². The van der Waals surface area contributed by atoms with Gasteiger partial charge in [-0.25, -0.2) is 0 Å². The Morgan fingerprint density at radius 2 is 1.89 bits per heavy atom. The maximum atomic E-state index is 12.1. The molecule has 0 spiro atoms. The van der Waals surface area contributed by atoms with E-state index in [-0.39, 0.29) is 23.7 Å². The van der Waals surface area contributed by atoms with Crippen LogP contribution in [0.4, 0.5) is 0 Å². The Hall–Kier alpha value is -2.49. The zero-order valence-corrected chi connectivity index (χ0v) is 10.0. The Kier molecular flexibility index (Phi) is 2.63. The SMILES string of the molecule is O=C1Cc2cc(O)ccc2OC1c1ccccc1O. The smallest absolute Gasteiger partial charge is 0.186 e. The van der Waals surface area contributed by atoms with Gasteiger partial charge in [-0.2, -0.15) is 0 Å². The molecule has 0 amide bonds. The van der Waals surface area contributed by atoms with E-state index in [2.05, 4.69) is 0 Å². The number of para-hydroxylation sites is 1. The molecule has 4 nitrogen and oxygen atoms in total. The molecule has 4 heteroatoms. The van der Waals surface area contributed by atoms with E-state index in [9.17, 15) is 15.0 Å². The van der Waals surface area contributed by atoms with Crippen molar-refractivity contribution in [2.24, 2.45) is 0 Å². The molecule has 0 saturated heterocycles. The first-order chi connectivity index (χ1) is 9.15. The standard InChI is InChI=1S/C15H12O4/c16-10-5-6-14-9(7-10)8-13(18)15(19-14)11-3-1-2-4-12(11)17/h1-7,15-17H,8H2. The second-order valence-corrected chi connectivity index (χ2v) is 4.49. The topological polar surface area (TPSA) is 66.8 Å². The van der Waals surface area contributed by atoms with Gasteiger partial charge in [-0.1, -0.05) is 18.2 Å². The van der Waals surface area contributed by atoms with E-state index in [0.717, 1.165) is 0 Å². The number of carbonyl (C=O) groups excluding carboxylic acids is 1. The van der Waals surface area contributed by atoms with Crippen molar-refractivity contribution < 1.29 is 19.7 Å². The zero-order valence-electron chi connectivity index (χ0n) is 10.0. The van der Waals surface area contributed by atoms with Crippen LogP contribution in [0.2, 0.25) is 0 Å².